The Labute approximate surface area is 163 Å². The fourth-order valence-electron chi connectivity index (χ4n) is 2.84. The number of benzene rings is 1. The van der Waals surface area contributed by atoms with Gasteiger partial charge in [0.25, 0.3) is 0 Å². The Morgan fingerprint density at radius 3 is 2.96 bits per heavy atom. The first-order valence-corrected chi connectivity index (χ1v) is 9.28. The van der Waals surface area contributed by atoms with E-state index in [1.165, 1.54) is 11.3 Å². The van der Waals surface area contributed by atoms with E-state index in [0.29, 0.717) is 35.3 Å². The van der Waals surface area contributed by atoms with Crippen LogP contribution in [-0.4, -0.2) is 43.8 Å². The van der Waals surface area contributed by atoms with Crippen molar-refractivity contribution in [1.82, 2.24) is 29.9 Å². The molecule has 0 radical (unpaired) electrons. The quantitative estimate of drug-likeness (QED) is 0.510. The van der Waals surface area contributed by atoms with E-state index in [2.05, 4.69) is 25.3 Å². The van der Waals surface area contributed by atoms with Crippen molar-refractivity contribution in [3.63, 3.8) is 0 Å². The molecule has 0 amide bonds. The molecular weight excluding hydrogens is 380 g/mol. The Balaban J connectivity index is 1.38. The van der Waals surface area contributed by atoms with Crippen LogP contribution in [0, 0.1) is 0 Å². The number of aromatic nitrogens is 6. The molecule has 4 aromatic rings. The Bertz CT molecular complexity index is 1130. The second-order valence-electron chi connectivity index (χ2n) is 5.93. The Morgan fingerprint density at radius 1 is 1.21 bits per heavy atom. The van der Waals surface area contributed by atoms with Gasteiger partial charge < -0.3 is 14.2 Å². The maximum absolute atomic E-state index is 5.47. The lowest BCUT2D eigenvalue weighted by Gasteiger charge is -2.06. The van der Waals surface area contributed by atoms with Crippen LogP contribution in [0.3, 0.4) is 0 Å². The minimum atomic E-state index is 0.180. The van der Waals surface area contributed by atoms with Gasteiger partial charge in [-0.1, -0.05) is 5.21 Å². The van der Waals surface area contributed by atoms with Crippen molar-refractivity contribution < 1.29 is 14.2 Å². The maximum atomic E-state index is 5.47. The van der Waals surface area contributed by atoms with Gasteiger partial charge in [-0.15, -0.1) is 16.4 Å². The van der Waals surface area contributed by atoms with E-state index in [-0.39, 0.29) is 6.79 Å². The van der Waals surface area contributed by atoms with Crippen LogP contribution >= 0.6 is 11.3 Å². The fraction of sp³-hybridized carbons (Fsp3) is 0.167. The molecule has 0 N–H and O–H groups in total. The van der Waals surface area contributed by atoms with Crippen LogP contribution in [-0.2, 0) is 6.54 Å². The molecule has 0 fully saturated rings. The number of ether oxygens (including phenoxy) is 3. The van der Waals surface area contributed by atoms with Crippen LogP contribution in [0.2, 0.25) is 0 Å². The zero-order chi connectivity index (χ0) is 18.9. The topological polar surface area (TPSA) is 97.1 Å². The van der Waals surface area contributed by atoms with Gasteiger partial charge >= 0.3 is 0 Å². The van der Waals surface area contributed by atoms with Crippen molar-refractivity contribution >= 4 is 11.3 Å². The largest absolute Gasteiger partial charge is 0.493 e. The molecule has 0 bridgehead atoms. The predicted octanol–water partition coefficient (Wildman–Crippen LogP) is 2.64. The normalized spacial score (nSPS) is 12.3. The van der Waals surface area contributed by atoms with Crippen molar-refractivity contribution in [2.75, 3.05) is 13.9 Å². The highest BCUT2D eigenvalue weighted by atomic mass is 32.1. The predicted molar refractivity (Wildman–Crippen MR) is 100 cm³/mol. The second kappa shape index (κ2) is 6.89. The summed E-state index contributed by atoms with van der Waals surface area (Å²) >= 11 is 1.50. The molecule has 28 heavy (non-hydrogen) atoms. The number of methoxy groups -OCH3 is 1. The van der Waals surface area contributed by atoms with Gasteiger partial charge in [0.1, 0.15) is 5.69 Å². The maximum Gasteiger partial charge on any atom is 0.231 e. The monoisotopic (exact) mass is 394 g/mol. The van der Waals surface area contributed by atoms with Crippen LogP contribution in [0.5, 0.6) is 17.2 Å². The van der Waals surface area contributed by atoms with E-state index in [9.17, 15) is 0 Å². The minimum absolute atomic E-state index is 0.180. The fourth-order valence-corrected chi connectivity index (χ4v) is 3.60. The van der Waals surface area contributed by atoms with Crippen LogP contribution < -0.4 is 14.2 Å². The molecule has 0 saturated carbocycles. The zero-order valence-corrected chi connectivity index (χ0v) is 15.6. The Hall–Kier alpha value is -3.53. The molecule has 0 aliphatic carbocycles. The van der Waals surface area contributed by atoms with Gasteiger partial charge in [-0.2, -0.15) is 0 Å². The molecule has 5 rings (SSSR count). The van der Waals surface area contributed by atoms with Crippen molar-refractivity contribution in [1.29, 1.82) is 0 Å². The minimum Gasteiger partial charge on any atom is -0.493 e. The lowest BCUT2D eigenvalue weighted by Crippen LogP contribution is -2.00. The van der Waals surface area contributed by atoms with Gasteiger partial charge in [-0.25, -0.2) is 19.6 Å². The smallest absolute Gasteiger partial charge is 0.231 e. The van der Waals surface area contributed by atoms with Gasteiger partial charge in [-0.3, -0.25) is 0 Å². The zero-order valence-electron chi connectivity index (χ0n) is 14.8. The molecule has 140 valence electrons. The summed E-state index contributed by atoms with van der Waals surface area (Å²) in [6.07, 6.45) is 5.26. The van der Waals surface area contributed by atoms with E-state index < -0.39 is 0 Å². The molecule has 4 heterocycles. The molecular formula is C18H14N6O3S. The molecule has 3 aromatic heterocycles. The number of thiazole rings is 1. The van der Waals surface area contributed by atoms with Crippen LogP contribution in [0.1, 0.15) is 5.69 Å². The Morgan fingerprint density at radius 2 is 2.11 bits per heavy atom. The molecule has 0 atom stereocenters. The van der Waals surface area contributed by atoms with Crippen LogP contribution in [0.25, 0.3) is 22.1 Å². The molecule has 0 unspecified atom stereocenters. The molecule has 0 spiro atoms. The molecule has 1 aliphatic heterocycles. The first kappa shape index (κ1) is 16.6. The highest BCUT2D eigenvalue weighted by Crippen LogP contribution is 2.43. The molecule has 10 heteroatoms. The van der Waals surface area contributed by atoms with E-state index in [4.69, 9.17) is 14.2 Å². The summed E-state index contributed by atoms with van der Waals surface area (Å²) in [7, 11) is 1.59. The van der Waals surface area contributed by atoms with Crippen molar-refractivity contribution in [2.24, 2.45) is 0 Å². The summed E-state index contributed by atoms with van der Waals surface area (Å²) in [5, 5.41) is 11.2. The van der Waals surface area contributed by atoms with Gasteiger partial charge in [0, 0.05) is 23.3 Å². The molecule has 1 aliphatic rings. The van der Waals surface area contributed by atoms with Gasteiger partial charge in [0.2, 0.25) is 12.5 Å². The van der Waals surface area contributed by atoms with E-state index in [1.54, 1.807) is 30.3 Å². The van der Waals surface area contributed by atoms with Crippen molar-refractivity contribution in [3.05, 3.63) is 47.9 Å². The summed E-state index contributed by atoms with van der Waals surface area (Å²) in [5.74, 6) is 2.46. The third kappa shape index (κ3) is 3.03. The van der Waals surface area contributed by atoms with E-state index >= 15 is 0 Å². The van der Waals surface area contributed by atoms with E-state index in [1.807, 2.05) is 23.7 Å². The highest BCUT2D eigenvalue weighted by Gasteiger charge is 2.21. The summed E-state index contributed by atoms with van der Waals surface area (Å²) in [5.41, 5.74) is 2.41. The first-order chi connectivity index (χ1) is 13.8. The summed E-state index contributed by atoms with van der Waals surface area (Å²) in [4.78, 5) is 13.0. The first-order valence-electron chi connectivity index (χ1n) is 8.40. The van der Waals surface area contributed by atoms with E-state index in [0.717, 1.165) is 16.3 Å². The Kier molecular flexibility index (Phi) is 4.09. The standard InChI is InChI=1S/C18H14N6O3S/c1-25-14-5-11(6-15-16(14)27-10-26-15)13-8-24(23-22-13)7-12-9-28-18(21-12)17-19-3-2-4-20-17/h2-6,8-9H,7,10H2,1H3. The van der Waals surface area contributed by atoms with Gasteiger partial charge in [-0.05, 0) is 18.2 Å². The lowest BCUT2D eigenvalue weighted by atomic mass is 10.1. The SMILES string of the molecule is COc1cc(-c2cn(Cc3csc(-c4ncccn4)n3)nn2)cc2c1OCO2. The second-order valence-corrected chi connectivity index (χ2v) is 6.79. The molecule has 0 saturated heterocycles. The third-order valence-corrected chi connectivity index (χ3v) is 5.01. The molecule has 1 aromatic carbocycles. The van der Waals surface area contributed by atoms with Crippen molar-refractivity contribution in [2.45, 2.75) is 6.54 Å². The number of nitrogens with zero attached hydrogens (tertiary/aromatic N) is 6. The highest BCUT2D eigenvalue weighted by molar-refractivity contribution is 7.13. The summed E-state index contributed by atoms with van der Waals surface area (Å²) < 4.78 is 18.0. The number of hydrogen-bond acceptors (Lipinski definition) is 9. The third-order valence-electron chi connectivity index (χ3n) is 4.13. The number of hydrogen-bond donors (Lipinski definition) is 0. The van der Waals surface area contributed by atoms with Crippen molar-refractivity contribution in [3.8, 4) is 39.3 Å². The van der Waals surface area contributed by atoms with Gasteiger partial charge in [0.15, 0.2) is 22.3 Å². The summed E-state index contributed by atoms with van der Waals surface area (Å²) in [6, 6.07) is 5.50. The number of rotatable bonds is 5. The molecule has 9 nitrogen and oxygen atoms in total. The lowest BCUT2D eigenvalue weighted by molar-refractivity contribution is 0.171. The summed E-state index contributed by atoms with van der Waals surface area (Å²) in [6.45, 7) is 0.678. The van der Waals surface area contributed by atoms with Gasteiger partial charge in [0.05, 0.1) is 25.5 Å². The average Bonchev–Trinajstić information content (AvgIpc) is 3.49. The average molecular weight is 394 g/mol. The van der Waals surface area contributed by atoms with Crippen LogP contribution in [0.4, 0.5) is 0 Å². The number of fused-ring (bicyclic) bond motifs is 1. The van der Waals surface area contributed by atoms with Crippen LogP contribution in [0.15, 0.2) is 42.2 Å².